The second-order valence-electron chi connectivity index (χ2n) is 5.82. The van der Waals surface area contributed by atoms with Gasteiger partial charge in [0.1, 0.15) is 0 Å². The smallest absolute Gasteiger partial charge is 0.0576 e. The molecule has 1 saturated heterocycles. The Morgan fingerprint density at radius 1 is 1.18 bits per heavy atom. The topological polar surface area (TPSA) is 47.3 Å². The van der Waals surface area contributed by atoms with E-state index in [-0.39, 0.29) is 0 Å². The van der Waals surface area contributed by atoms with Gasteiger partial charge in [0.25, 0.3) is 0 Å². The summed E-state index contributed by atoms with van der Waals surface area (Å²) in [4.78, 5) is 0. The first-order chi connectivity index (χ1) is 8.38. The van der Waals surface area contributed by atoms with Gasteiger partial charge in [-0.2, -0.15) is 0 Å². The second kappa shape index (κ2) is 7.34. The predicted octanol–water partition coefficient (Wildman–Crippen LogP) is 2.75. The van der Waals surface area contributed by atoms with Gasteiger partial charge < -0.3 is 4.74 Å². The van der Waals surface area contributed by atoms with Gasteiger partial charge in [0.2, 0.25) is 0 Å². The first-order valence-electron chi connectivity index (χ1n) is 7.46. The molecule has 3 heteroatoms. The van der Waals surface area contributed by atoms with Crippen LogP contribution in [0.25, 0.3) is 0 Å². The van der Waals surface area contributed by atoms with E-state index in [0.717, 1.165) is 12.5 Å². The molecule has 0 radical (unpaired) electrons. The van der Waals surface area contributed by atoms with Gasteiger partial charge in [0, 0.05) is 12.6 Å². The lowest BCUT2D eigenvalue weighted by molar-refractivity contribution is 0.101. The van der Waals surface area contributed by atoms with Crippen LogP contribution in [0, 0.1) is 5.92 Å². The van der Waals surface area contributed by atoms with Crippen LogP contribution < -0.4 is 11.3 Å². The molecule has 2 unspecified atom stereocenters. The van der Waals surface area contributed by atoms with Crippen molar-refractivity contribution in [3.63, 3.8) is 0 Å². The molecule has 3 N–H and O–H groups in total. The Kier molecular flexibility index (Phi) is 5.75. The fourth-order valence-corrected chi connectivity index (χ4v) is 3.38. The zero-order valence-electron chi connectivity index (χ0n) is 11.0. The van der Waals surface area contributed by atoms with Crippen LogP contribution in [0.3, 0.4) is 0 Å². The van der Waals surface area contributed by atoms with E-state index < -0.39 is 0 Å². The zero-order chi connectivity index (χ0) is 11.9. The molecular weight excluding hydrogens is 212 g/mol. The monoisotopic (exact) mass is 240 g/mol. The first kappa shape index (κ1) is 13.3. The van der Waals surface area contributed by atoms with Gasteiger partial charge in [-0.3, -0.25) is 11.3 Å². The number of rotatable bonds is 7. The van der Waals surface area contributed by atoms with Crippen LogP contribution in [-0.2, 0) is 4.74 Å². The van der Waals surface area contributed by atoms with Crippen molar-refractivity contribution >= 4 is 0 Å². The van der Waals surface area contributed by atoms with Gasteiger partial charge >= 0.3 is 0 Å². The van der Waals surface area contributed by atoms with Crippen molar-refractivity contribution in [3.8, 4) is 0 Å². The average Bonchev–Trinajstić information content (AvgIpc) is 3.00. The Balaban J connectivity index is 1.57. The summed E-state index contributed by atoms with van der Waals surface area (Å²) in [6.07, 6.45) is 13.7. The molecule has 0 amide bonds. The lowest BCUT2D eigenvalue weighted by atomic mass is 9.95. The Morgan fingerprint density at radius 3 is 2.65 bits per heavy atom. The van der Waals surface area contributed by atoms with Crippen LogP contribution in [-0.4, -0.2) is 18.8 Å². The summed E-state index contributed by atoms with van der Waals surface area (Å²) in [5.74, 6) is 6.59. The molecule has 1 heterocycles. The Hall–Kier alpha value is -0.120. The Morgan fingerprint density at radius 2 is 2.00 bits per heavy atom. The van der Waals surface area contributed by atoms with Gasteiger partial charge in [0.05, 0.1) is 6.10 Å². The number of hydrazine groups is 1. The lowest BCUT2D eigenvalue weighted by Gasteiger charge is -2.20. The summed E-state index contributed by atoms with van der Waals surface area (Å²) in [6, 6.07) is 0.527. The number of hydrogen-bond acceptors (Lipinski definition) is 3. The maximum atomic E-state index is 5.66. The summed E-state index contributed by atoms with van der Waals surface area (Å²) in [7, 11) is 0. The van der Waals surface area contributed by atoms with Crippen molar-refractivity contribution < 1.29 is 4.74 Å². The van der Waals surface area contributed by atoms with E-state index in [1.807, 2.05) is 0 Å². The molecule has 0 aromatic heterocycles. The largest absolute Gasteiger partial charge is 0.378 e. The third kappa shape index (κ3) is 4.57. The van der Waals surface area contributed by atoms with E-state index >= 15 is 0 Å². The average molecular weight is 240 g/mol. The van der Waals surface area contributed by atoms with E-state index in [4.69, 9.17) is 10.6 Å². The van der Waals surface area contributed by atoms with E-state index in [1.165, 1.54) is 64.2 Å². The third-order valence-electron chi connectivity index (χ3n) is 4.43. The summed E-state index contributed by atoms with van der Waals surface area (Å²) >= 11 is 0. The Labute approximate surface area is 105 Å². The van der Waals surface area contributed by atoms with E-state index in [2.05, 4.69) is 5.43 Å². The summed E-state index contributed by atoms with van der Waals surface area (Å²) < 4.78 is 5.65. The van der Waals surface area contributed by atoms with Gasteiger partial charge in [-0.15, -0.1) is 0 Å². The van der Waals surface area contributed by atoms with Crippen molar-refractivity contribution in [1.29, 1.82) is 0 Å². The van der Waals surface area contributed by atoms with Crippen LogP contribution in [0.1, 0.15) is 64.2 Å². The fourth-order valence-electron chi connectivity index (χ4n) is 3.38. The standard InChI is InChI=1S/C14H28N2O/c15-16-13(11-12-5-1-2-6-12)7-3-8-14-9-4-10-17-14/h12-14,16H,1-11,15H2. The molecule has 3 nitrogen and oxygen atoms in total. The van der Waals surface area contributed by atoms with E-state index in [0.29, 0.717) is 12.1 Å². The van der Waals surface area contributed by atoms with Crippen molar-refractivity contribution in [2.24, 2.45) is 11.8 Å². The van der Waals surface area contributed by atoms with Gasteiger partial charge in [0.15, 0.2) is 0 Å². The maximum Gasteiger partial charge on any atom is 0.0576 e. The van der Waals surface area contributed by atoms with E-state index in [1.54, 1.807) is 0 Å². The van der Waals surface area contributed by atoms with Crippen LogP contribution in [0.15, 0.2) is 0 Å². The lowest BCUT2D eigenvalue weighted by Crippen LogP contribution is -2.36. The van der Waals surface area contributed by atoms with Gasteiger partial charge in [-0.1, -0.05) is 25.7 Å². The van der Waals surface area contributed by atoms with Crippen molar-refractivity contribution in [2.45, 2.75) is 76.4 Å². The quantitative estimate of drug-likeness (QED) is 0.531. The van der Waals surface area contributed by atoms with Gasteiger partial charge in [-0.05, 0) is 44.4 Å². The minimum absolute atomic E-state index is 0.527. The maximum absolute atomic E-state index is 5.66. The van der Waals surface area contributed by atoms with Crippen LogP contribution in [0.4, 0.5) is 0 Å². The highest BCUT2D eigenvalue weighted by Gasteiger charge is 2.20. The molecule has 1 saturated carbocycles. The van der Waals surface area contributed by atoms with Crippen molar-refractivity contribution in [1.82, 2.24) is 5.43 Å². The molecule has 0 spiro atoms. The molecule has 1 aliphatic carbocycles. The van der Waals surface area contributed by atoms with Crippen LogP contribution in [0.2, 0.25) is 0 Å². The first-order valence-corrected chi connectivity index (χ1v) is 7.46. The second-order valence-corrected chi connectivity index (χ2v) is 5.82. The molecule has 2 fully saturated rings. The minimum atomic E-state index is 0.527. The number of hydrogen-bond donors (Lipinski definition) is 2. The van der Waals surface area contributed by atoms with Crippen molar-refractivity contribution in [3.05, 3.63) is 0 Å². The fraction of sp³-hybridized carbons (Fsp3) is 1.00. The highest BCUT2D eigenvalue weighted by Crippen LogP contribution is 2.29. The Bertz CT molecular complexity index is 198. The normalized spacial score (nSPS) is 27.7. The van der Waals surface area contributed by atoms with Crippen LogP contribution in [0.5, 0.6) is 0 Å². The number of nitrogens with one attached hydrogen (secondary N) is 1. The van der Waals surface area contributed by atoms with E-state index in [9.17, 15) is 0 Å². The molecule has 0 aromatic rings. The number of nitrogens with two attached hydrogens (primary N) is 1. The van der Waals surface area contributed by atoms with Crippen LogP contribution >= 0.6 is 0 Å². The molecule has 2 rings (SSSR count). The molecule has 0 aromatic carbocycles. The molecular formula is C14H28N2O. The van der Waals surface area contributed by atoms with Crippen molar-refractivity contribution in [2.75, 3.05) is 6.61 Å². The highest BCUT2D eigenvalue weighted by atomic mass is 16.5. The molecule has 1 aliphatic heterocycles. The molecule has 2 atom stereocenters. The molecule has 0 bridgehead atoms. The van der Waals surface area contributed by atoms with Gasteiger partial charge in [-0.25, -0.2) is 0 Å². The summed E-state index contributed by atoms with van der Waals surface area (Å²) in [5.41, 5.74) is 3.01. The summed E-state index contributed by atoms with van der Waals surface area (Å²) in [6.45, 7) is 0.977. The third-order valence-corrected chi connectivity index (χ3v) is 4.43. The summed E-state index contributed by atoms with van der Waals surface area (Å²) in [5, 5.41) is 0. The number of ether oxygens (including phenoxy) is 1. The molecule has 17 heavy (non-hydrogen) atoms. The highest BCUT2D eigenvalue weighted by molar-refractivity contribution is 4.75. The predicted molar refractivity (Wildman–Crippen MR) is 70.5 cm³/mol. The molecule has 100 valence electrons. The SMILES string of the molecule is NNC(CCCC1CCCO1)CC1CCCC1. The molecule has 2 aliphatic rings. The minimum Gasteiger partial charge on any atom is -0.378 e. The zero-order valence-corrected chi connectivity index (χ0v) is 11.0.